The monoisotopic (exact) mass is 318 g/mol. The minimum atomic E-state index is -0.638. The van der Waals surface area contributed by atoms with E-state index in [1.54, 1.807) is 20.8 Å². The zero-order valence-electron chi connectivity index (χ0n) is 11.7. The lowest BCUT2D eigenvalue weighted by molar-refractivity contribution is -0.142. The fourth-order valence-corrected chi connectivity index (χ4v) is 1.10. The standard InChI is InChI=1S/C11H22N2O4.2ClH/c1-11(2,3)17-10(15)13-7-5-6-8(12)9(14)16-4;;/h8H,5-7,12H2,1-4H3,(H,13,15);2*1H/t8-;;/m0../s1. The van der Waals surface area contributed by atoms with Crippen molar-refractivity contribution in [3.8, 4) is 0 Å². The van der Waals surface area contributed by atoms with Crippen LogP contribution in [0, 0.1) is 0 Å². The summed E-state index contributed by atoms with van der Waals surface area (Å²) in [5.41, 5.74) is 5.02. The van der Waals surface area contributed by atoms with E-state index in [9.17, 15) is 9.59 Å². The number of carbonyl (C=O) groups is 2. The van der Waals surface area contributed by atoms with Crippen LogP contribution in [-0.2, 0) is 14.3 Å². The molecule has 0 unspecified atom stereocenters. The summed E-state index contributed by atoms with van der Waals surface area (Å²) in [5, 5.41) is 2.58. The number of hydrogen-bond acceptors (Lipinski definition) is 5. The number of ether oxygens (including phenoxy) is 2. The van der Waals surface area contributed by atoms with Crippen LogP contribution in [0.3, 0.4) is 0 Å². The number of rotatable bonds is 5. The van der Waals surface area contributed by atoms with E-state index in [4.69, 9.17) is 10.5 Å². The molecule has 1 atom stereocenters. The zero-order valence-corrected chi connectivity index (χ0v) is 13.4. The van der Waals surface area contributed by atoms with E-state index in [0.29, 0.717) is 19.4 Å². The third kappa shape index (κ3) is 13.5. The molecule has 1 amide bonds. The number of nitrogens with one attached hydrogen (secondary N) is 1. The van der Waals surface area contributed by atoms with Gasteiger partial charge in [-0.05, 0) is 33.6 Å². The number of alkyl carbamates (subject to hydrolysis) is 1. The van der Waals surface area contributed by atoms with Gasteiger partial charge in [-0.2, -0.15) is 0 Å². The number of amides is 1. The Bertz CT molecular complexity index is 270. The van der Waals surface area contributed by atoms with Crippen molar-refractivity contribution in [2.45, 2.75) is 45.3 Å². The lowest BCUT2D eigenvalue weighted by Crippen LogP contribution is -2.35. The molecular formula is C11H24Cl2N2O4. The van der Waals surface area contributed by atoms with Gasteiger partial charge in [-0.3, -0.25) is 4.79 Å². The lowest BCUT2D eigenvalue weighted by atomic mass is 10.2. The Morgan fingerprint density at radius 1 is 1.26 bits per heavy atom. The molecule has 0 rings (SSSR count). The Balaban J connectivity index is -0.00000128. The maximum Gasteiger partial charge on any atom is 0.407 e. The predicted molar refractivity (Wildman–Crippen MR) is 78.0 cm³/mol. The van der Waals surface area contributed by atoms with Crippen molar-refractivity contribution in [2.75, 3.05) is 13.7 Å². The number of nitrogens with two attached hydrogens (primary N) is 1. The smallest absolute Gasteiger partial charge is 0.407 e. The van der Waals surface area contributed by atoms with Crippen LogP contribution in [0.15, 0.2) is 0 Å². The van der Waals surface area contributed by atoms with Gasteiger partial charge >= 0.3 is 12.1 Å². The second-order valence-corrected chi connectivity index (χ2v) is 4.70. The van der Waals surface area contributed by atoms with Crippen molar-refractivity contribution in [2.24, 2.45) is 5.73 Å². The molecule has 0 aromatic carbocycles. The molecule has 3 N–H and O–H groups in total. The highest BCUT2D eigenvalue weighted by Crippen LogP contribution is 2.06. The largest absolute Gasteiger partial charge is 0.468 e. The minimum absolute atomic E-state index is 0. The van der Waals surface area contributed by atoms with E-state index in [1.807, 2.05) is 0 Å². The predicted octanol–water partition coefficient (Wildman–Crippen LogP) is 1.64. The van der Waals surface area contributed by atoms with Crippen LogP contribution >= 0.6 is 24.8 Å². The molecule has 8 heteroatoms. The number of hydrogen-bond donors (Lipinski definition) is 2. The van der Waals surface area contributed by atoms with Gasteiger partial charge in [0, 0.05) is 6.54 Å². The van der Waals surface area contributed by atoms with Crippen LogP contribution in [-0.4, -0.2) is 37.4 Å². The molecule has 0 bridgehead atoms. The summed E-state index contributed by atoms with van der Waals surface area (Å²) < 4.78 is 9.52. The molecular weight excluding hydrogens is 295 g/mol. The Hall–Kier alpha value is -0.720. The van der Waals surface area contributed by atoms with E-state index in [1.165, 1.54) is 7.11 Å². The van der Waals surface area contributed by atoms with Crippen molar-refractivity contribution in [1.29, 1.82) is 0 Å². The van der Waals surface area contributed by atoms with Crippen LogP contribution in [0.2, 0.25) is 0 Å². The molecule has 0 aromatic heterocycles. The van der Waals surface area contributed by atoms with Crippen molar-refractivity contribution in [1.82, 2.24) is 5.32 Å². The molecule has 0 aliphatic carbocycles. The number of carbonyl (C=O) groups excluding carboxylic acids is 2. The fourth-order valence-electron chi connectivity index (χ4n) is 1.10. The first kappa shape index (κ1) is 23.4. The maximum absolute atomic E-state index is 11.2. The second-order valence-electron chi connectivity index (χ2n) is 4.70. The summed E-state index contributed by atoms with van der Waals surface area (Å²) in [5.74, 6) is -0.442. The van der Waals surface area contributed by atoms with E-state index < -0.39 is 23.7 Å². The number of esters is 1. The van der Waals surface area contributed by atoms with Crippen LogP contribution in [0.5, 0.6) is 0 Å². The summed E-state index contributed by atoms with van der Waals surface area (Å²) in [6.45, 7) is 5.79. The summed E-state index contributed by atoms with van der Waals surface area (Å²) in [6.07, 6.45) is 0.585. The highest BCUT2D eigenvalue weighted by molar-refractivity contribution is 5.85. The van der Waals surface area contributed by atoms with Crippen LogP contribution < -0.4 is 11.1 Å². The van der Waals surface area contributed by atoms with E-state index in [-0.39, 0.29) is 24.8 Å². The number of methoxy groups -OCH3 is 1. The molecule has 0 saturated carbocycles. The van der Waals surface area contributed by atoms with Gasteiger partial charge in [0.15, 0.2) is 0 Å². The Kier molecular flexibility index (Phi) is 13.7. The summed E-state index contributed by atoms with van der Waals surface area (Å²) in [7, 11) is 1.29. The van der Waals surface area contributed by atoms with Gasteiger partial charge in [0.2, 0.25) is 0 Å². The Labute approximate surface area is 126 Å². The molecule has 116 valence electrons. The normalized spacial score (nSPS) is 11.4. The Morgan fingerprint density at radius 3 is 2.21 bits per heavy atom. The second kappa shape index (κ2) is 11.1. The summed E-state index contributed by atoms with van der Waals surface area (Å²) in [6, 6.07) is -0.638. The molecule has 0 aliphatic rings. The molecule has 0 saturated heterocycles. The van der Waals surface area contributed by atoms with Crippen molar-refractivity contribution < 1.29 is 19.1 Å². The molecule has 19 heavy (non-hydrogen) atoms. The highest BCUT2D eigenvalue weighted by atomic mass is 35.5. The maximum atomic E-state index is 11.2. The summed E-state index contributed by atoms with van der Waals surface area (Å²) in [4.78, 5) is 22.2. The molecule has 0 aliphatic heterocycles. The van der Waals surface area contributed by atoms with Crippen molar-refractivity contribution >= 4 is 36.9 Å². The van der Waals surface area contributed by atoms with Gasteiger partial charge in [0.05, 0.1) is 7.11 Å². The third-order valence-electron chi connectivity index (χ3n) is 1.86. The van der Waals surface area contributed by atoms with Gasteiger partial charge in [-0.1, -0.05) is 0 Å². The third-order valence-corrected chi connectivity index (χ3v) is 1.86. The topological polar surface area (TPSA) is 90.6 Å². The molecule has 0 fully saturated rings. The molecule has 0 aromatic rings. The van der Waals surface area contributed by atoms with Gasteiger partial charge in [-0.25, -0.2) is 4.79 Å². The average Bonchev–Trinajstić information content (AvgIpc) is 2.20. The van der Waals surface area contributed by atoms with Crippen molar-refractivity contribution in [3.63, 3.8) is 0 Å². The quantitative estimate of drug-likeness (QED) is 0.594. The average molecular weight is 319 g/mol. The van der Waals surface area contributed by atoms with Crippen molar-refractivity contribution in [3.05, 3.63) is 0 Å². The molecule has 0 radical (unpaired) electrons. The van der Waals surface area contributed by atoms with Crippen LogP contribution in [0.4, 0.5) is 4.79 Å². The van der Waals surface area contributed by atoms with E-state index >= 15 is 0 Å². The highest BCUT2D eigenvalue weighted by Gasteiger charge is 2.16. The minimum Gasteiger partial charge on any atom is -0.468 e. The molecule has 0 spiro atoms. The Morgan fingerprint density at radius 2 is 1.79 bits per heavy atom. The molecule has 6 nitrogen and oxygen atoms in total. The SMILES string of the molecule is COC(=O)[C@@H](N)CCCNC(=O)OC(C)(C)C.Cl.Cl. The van der Waals surface area contributed by atoms with Gasteiger partial charge < -0.3 is 20.5 Å². The molecule has 0 heterocycles. The van der Waals surface area contributed by atoms with Crippen LogP contribution in [0.1, 0.15) is 33.6 Å². The van der Waals surface area contributed by atoms with E-state index in [2.05, 4.69) is 10.1 Å². The number of halogens is 2. The lowest BCUT2D eigenvalue weighted by Gasteiger charge is -2.19. The van der Waals surface area contributed by atoms with Gasteiger partial charge in [0.1, 0.15) is 11.6 Å². The first-order chi connectivity index (χ1) is 7.76. The van der Waals surface area contributed by atoms with Gasteiger partial charge in [0.25, 0.3) is 0 Å². The zero-order chi connectivity index (χ0) is 13.5. The fraction of sp³-hybridized carbons (Fsp3) is 0.818. The van der Waals surface area contributed by atoms with E-state index in [0.717, 1.165) is 0 Å². The van der Waals surface area contributed by atoms with Crippen LogP contribution in [0.25, 0.3) is 0 Å². The van der Waals surface area contributed by atoms with Gasteiger partial charge in [-0.15, -0.1) is 24.8 Å². The first-order valence-corrected chi connectivity index (χ1v) is 5.56. The summed E-state index contributed by atoms with van der Waals surface area (Å²) >= 11 is 0. The first-order valence-electron chi connectivity index (χ1n) is 5.56.